The van der Waals surface area contributed by atoms with Gasteiger partial charge in [0.15, 0.2) is 11.5 Å². The van der Waals surface area contributed by atoms with E-state index in [1.807, 2.05) is 4.90 Å². The number of aromatic nitrogens is 4. The van der Waals surface area contributed by atoms with E-state index in [1.54, 1.807) is 6.33 Å². The molecule has 17 heavy (non-hydrogen) atoms. The maximum Gasteiger partial charge on any atom is 0.229 e. The Labute approximate surface area is 97.7 Å². The van der Waals surface area contributed by atoms with Gasteiger partial charge in [0.05, 0.1) is 19.0 Å². The van der Waals surface area contributed by atoms with Crippen molar-refractivity contribution in [3.05, 3.63) is 6.33 Å². The van der Waals surface area contributed by atoms with Crippen LogP contribution in [0, 0.1) is 0 Å². The Morgan fingerprint density at radius 1 is 1.53 bits per heavy atom. The summed E-state index contributed by atoms with van der Waals surface area (Å²) in [7, 11) is 0. The van der Waals surface area contributed by atoms with Crippen LogP contribution in [0.5, 0.6) is 0 Å². The molecular weight excluding hydrogens is 220 g/mol. The molecule has 3 heterocycles. The van der Waals surface area contributed by atoms with Gasteiger partial charge in [-0.1, -0.05) is 0 Å². The Morgan fingerprint density at radius 2 is 2.41 bits per heavy atom. The van der Waals surface area contributed by atoms with Crippen LogP contribution in [0.25, 0.3) is 11.2 Å². The molecule has 1 saturated heterocycles. The standard InChI is InChI=1S/C10H14N6O/c11-8-7-9(13-5-12-7)15-10(14-8)16-3-1-2-6(16)4-17/h5-6,17H,1-4H2,(H3,11,12,13,14,15). The Kier molecular flexibility index (Phi) is 2.32. The summed E-state index contributed by atoms with van der Waals surface area (Å²) >= 11 is 0. The third kappa shape index (κ3) is 1.59. The van der Waals surface area contributed by atoms with E-state index in [9.17, 15) is 5.11 Å². The second-order valence-corrected chi connectivity index (χ2v) is 4.18. The van der Waals surface area contributed by atoms with Gasteiger partial charge in [-0.05, 0) is 12.8 Å². The van der Waals surface area contributed by atoms with Crippen molar-refractivity contribution < 1.29 is 5.11 Å². The molecule has 0 spiro atoms. The van der Waals surface area contributed by atoms with E-state index in [4.69, 9.17) is 5.73 Å². The summed E-state index contributed by atoms with van der Waals surface area (Å²) < 4.78 is 0. The highest BCUT2D eigenvalue weighted by atomic mass is 16.3. The summed E-state index contributed by atoms with van der Waals surface area (Å²) in [6.07, 6.45) is 3.54. The fraction of sp³-hybridized carbons (Fsp3) is 0.500. The van der Waals surface area contributed by atoms with Crippen molar-refractivity contribution in [3.8, 4) is 0 Å². The first-order valence-electron chi connectivity index (χ1n) is 5.63. The molecule has 0 saturated carbocycles. The number of nitrogens with two attached hydrogens (primary N) is 1. The highest BCUT2D eigenvalue weighted by Gasteiger charge is 2.26. The Hall–Kier alpha value is -1.89. The Bertz CT molecular complexity index is 539. The van der Waals surface area contributed by atoms with Gasteiger partial charge >= 0.3 is 0 Å². The zero-order chi connectivity index (χ0) is 11.8. The van der Waals surface area contributed by atoms with Gasteiger partial charge in [0, 0.05) is 6.54 Å². The fourth-order valence-corrected chi connectivity index (χ4v) is 2.26. The molecule has 90 valence electrons. The zero-order valence-corrected chi connectivity index (χ0v) is 9.30. The van der Waals surface area contributed by atoms with Gasteiger partial charge in [-0.3, -0.25) is 0 Å². The number of anilines is 2. The quantitative estimate of drug-likeness (QED) is 0.670. The lowest BCUT2D eigenvalue weighted by molar-refractivity contribution is 0.265. The van der Waals surface area contributed by atoms with Crippen LogP contribution in [-0.2, 0) is 0 Å². The Morgan fingerprint density at radius 3 is 3.24 bits per heavy atom. The summed E-state index contributed by atoms with van der Waals surface area (Å²) in [4.78, 5) is 17.6. The predicted octanol–water partition coefficient (Wildman–Crippen LogP) is -0.104. The molecule has 1 aliphatic rings. The van der Waals surface area contributed by atoms with Crippen LogP contribution >= 0.6 is 0 Å². The monoisotopic (exact) mass is 234 g/mol. The smallest absolute Gasteiger partial charge is 0.229 e. The second kappa shape index (κ2) is 3.85. The van der Waals surface area contributed by atoms with Crippen molar-refractivity contribution >= 4 is 22.9 Å². The van der Waals surface area contributed by atoms with Crippen molar-refractivity contribution in [1.29, 1.82) is 0 Å². The summed E-state index contributed by atoms with van der Waals surface area (Å²) in [5.41, 5.74) is 7.07. The molecule has 7 heteroatoms. The number of hydrogen-bond acceptors (Lipinski definition) is 6. The van der Waals surface area contributed by atoms with E-state index in [-0.39, 0.29) is 12.6 Å². The minimum atomic E-state index is 0.0887. The van der Waals surface area contributed by atoms with E-state index in [1.165, 1.54) is 0 Å². The van der Waals surface area contributed by atoms with E-state index in [0.717, 1.165) is 19.4 Å². The molecule has 4 N–H and O–H groups in total. The lowest BCUT2D eigenvalue weighted by atomic mass is 10.2. The average molecular weight is 234 g/mol. The van der Waals surface area contributed by atoms with E-state index in [2.05, 4.69) is 19.9 Å². The number of nitrogen functional groups attached to an aromatic ring is 1. The third-order valence-corrected chi connectivity index (χ3v) is 3.15. The maximum atomic E-state index is 9.29. The minimum Gasteiger partial charge on any atom is -0.394 e. The van der Waals surface area contributed by atoms with Gasteiger partial charge < -0.3 is 20.7 Å². The molecule has 1 unspecified atom stereocenters. The molecule has 1 aliphatic heterocycles. The van der Waals surface area contributed by atoms with Crippen LogP contribution in [0.2, 0.25) is 0 Å². The van der Waals surface area contributed by atoms with Crippen LogP contribution in [0.3, 0.4) is 0 Å². The molecule has 2 aromatic heterocycles. The maximum absolute atomic E-state index is 9.29. The van der Waals surface area contributed by atoms with Gasteiger partial charge in [-0.15, -0.1) is 0 Å². The number of fused-ring (bicyclic) bond motifs is 1. The molecule has 1 fully saturated rings. The van der Waals surface area contributed by atoms with Crippen LogP contribution in [-0.4, -0.2) is 44.2 Å². The highest BCUT2D eigenvalue weighted by Crippen LogP contribution is 2.24. The zero-order valence-electron chi connectivity index (χ0n) is 9.30. The van der Waals surface area contributed by atoms with E-state index < -0.39 is 0 Å². The van der Waals surface area contributed by atoms with Gasteiger partial charge in [0.1, 0.15) is 5.52 Å². The predicted molar refractivity (Wildman–Crippen MR) is 63.5 cm³/mol. The number of nitrogens with one attached hydrogen (secondary N) is 1. The number of aliphatic hydroxyl groups excluding tert-OH is 1. The molecule has 0 aliphatic carbocycles. The molecule has 0 bridgehead atoms. The van der Waals surface area contributed by atoms with Crippen LogP contribution < -0.4 is 10.6 Å². The molecular formula is C10H14N6O. The molecule has 0 amide bonds. The number of aliphatic hydroxyl groups is 1. The van der Waals surface area contributed by atoms with Gasteiger partial charge in [0.25, 0.3) is 0 Å². The van der Waals surface area contributed by atoms with Crippen molar-refractivity contribution in [2.45, 2.75) is 18.9 Å². The van der Waals surface area contributed by atoms with Crippen molar-refractivity contribution in [2.24, 2.45) is 0 Å². The second-order valence-electron chi connectivity index (χ2n) is 4.18. The summed E-state index contributed by atoms with van der Waals surface area (Å²) in [5, 5.41) is 9.29. The summed E-state index contributed by atoms with van der Waals surface area (Å²) in [6.45, 7) is 0.961. The first kappa shape index (κ1) is 10.3. The molecule has 0 aromatic carbocycles. The summed E-state index contributed by atoms with van der Waals surface area (Å²) in [5.74, 6) is 0.949. The van der Waals surface area contributed by atoms with Crippen molar-refractivity contribution in [3.63, 3.8) is 0 Å². The number of hydrogen-bond donors (Lipinski definition) is 3. The largest absolute Gasteiger partial charge is 0.394 e. The van der Waals surface area contributed by atoms with Crippen molar-refractivity contribution in [2.75, 3.05) is 23.8 Å². The van der Waals surface area contributed by atoms with E-state index >= 15 is 0 Å². The SMILES string of the molecule is Nc1nc(N2CCCC2CO)nc2nc[nH]c12. The third-order valence-electron chi connectivity index (χ3n) is 3.15. The number of H-pyrrole nitrogens is 1. The number of imidazole rings is 1. The summed E-state index contributed by atoms with van der Waals surface area (Å²) in [6, 6.07) is 0.0887. The van der Waals surface area contributed by atoms with Crippen LogP contribution in [0.15, 0.2) is 6.33 Å². The first-order chi connectivity index (χ1) is 8.29. The van der Waals surface area contributed by atoms with Crippen LogP contribution in [0.4, 0.5) is 11.8 Å². The number of aromatic amines is 1. The minimum absolute atomic E-state index is 0.0887. The van der Waals surface area contributed by atoms with Crippen LogP contribution in [0.1, 0.15) is 12.8 Å². The van der Waals surface area contributed by atoms with Gasteiger partial charge in [-0.25, -0.2) is 4.98 Å². The van der Waals surface area contributed by atoms with Gasteiger partial charge in [-0.2, -0.15) is 9.97 Å². The topological polar surface area (TPSA) is 104 Å². The average Bonchev–Trinajstić information content (AvgIpc) is 2.96. The normalized spacial score (nSPS) is 20.3. The van der Waals surface area contributed by atoms with Crippen molar-refractivity contribution in [1.82, 2.24) is 19.9 Å². The number of rotatable bonds is 2. The Balaban J connectivity index is 2.05. The van der Waals surface area contributed by atoms with Gasteiger partial charge in [0.2, 0.25) is 5.95 Å². The van der Waals surface area contributed by atoms with E-state index in [0.29, 0.717) is 22.9 Å². The molecule has 3 rings (SSSR count). The molecule has 7 nitrogen and oxygen atoms in total. The molecule has 2 aromatic rings. The first-order valence-corrected chi connectivity index (χ1v) is 5.63. The lowest BCUT2D eigenvalue weighted by Gasteiger charge is -2.22. The number of nitrogens with zero attached hydrogens (tertiary/aromatic N) is 4. The lowest BCUT2D eigenvalue weighted by Crippen LogP contribution is -2.33. The molecule has 0 radical (unpaired) electrons. The fourth-order valence-electron chi connectivity index (χ4n) is 2.26. The molecule has 1 atom stereocenters. The highest BCUT2D eigenvalue weighted by molar-refractivity contribution is 5.82.